The summed E-state index contributed by atoms with van der Waals surface area (Å²) in [5.74, 6) is 1.20. The van der Waals surface area contributed by atoms with Gasteiger partial charge in [0.2, 0.25) is 5.75 Å². The molecule has 1 atom stereocenters. The molecule has 0 aliphatic carbocycles. The van der Waals surface area contributed by atoms with Crippen molar-refractivity contribution in [3.8, 4) is 17.2 Å². The first-order chi connectivity index (χ1) is 14.4. The molecule has 0 aromatic heterocycles. The van der Waals surface area contributed by atoms with E-state index in [2.05, 4.69) is 31.9 Å². The molecule has 7 nitrogen and oxygen atoms in total. The van der Waals surface area contributed by atoms with Crippen LogP contribution in [0.5, 0.6) is 17.2 Å². The second kappa shape index (κ2) is 9.36. The van der Waals surface area contributed by atoms with Gasteiger partial charge in [-0.15, -0.1) is 0 Å². The predicted molar refractivity (Wildman–Crippen MR) is 123 cm³/mol. The van der Waals surface area contributed by atoms with E-state index in [-0.39, 0.29) is 5.91 Å². The van der Waals surface area contributed by atoms with Crippen molar-refractivity contribution in [2.24, 2.45) is 0 Å². The number of methoxy groups -OCH3 is 3. The van der Waals surface area contributed by atoms with Gasteiger partial charge in [-0.3, -0.25) is 4.79 Å². The van der Waals surface area contributed by atoms with Gasteiger partial charge in [-0.25, -0.2) is 0 Å². The molecule has 1 heterocycles. The van der Waals surface area contributed by atoms with Crippen molar-refractivity contribution in [1.29, 1.82) is 0 Å². The van der Waals surface area contributed by atoms with E-state index in [9.17, 15) is 4.79 Å². The maximum Gasteiger partial charge on any atom is 0.255 e. The van der Waals surface area contributed by atoms with Crippen LogP contribution in [0.4, 0.5) is 5.69 Å². The lowest BCUT2D eigenvalue weighted by atomic mass is 9.94. The molecule has 0 saturated carbocycles. The van der Waals surface area contributed by atoms with Crippen molar-refractivity contribution >= 4 is 44.9 Å². The van der Waals surface area contributed by atoms with E-state index in [4.69, 9.17) is 26.4 Å². The van der Waals surface area contributed by atoms with Crippen molar-refractivity contribution in [2.45, 2.75) is 13.0 Å². The van der Waals surface area contributed by atoms with Gasteiger partial charge in [-0.05, 0) is 61.1 Å². The number of carbonyl (C=O) groups excluding carboxylic acids is 1. The van der Waals surface area contributed by atoms with E-state index in [1.54, 1.807) is 33.5 Å². The molecule has 9 heteroatoms. The summed E-state index contributed by atoms with van der Waals surface area (Å²) in [5, 5.41) is 9.56. The average Bonchev–Trinajstić information content (AvgIpc) is 2.73. The van der Waals surface area contributed by atoms with Gasteiger partial charge in [0.05, 0.1) is 32.9 Å². The van der Waals surface area contributed by atoms with E-state index in [0.717, 1.165) is 10.0 Å². The normalized spacial score (nSPS) is 15.8. The number of ether oxygens (including phenoxy) is 3. The lowest BCUT2D eigenvalue weighted by molar-refractivity contribution is -0.113. The molecule has 1 amide bonds. The molecule has 1 unspecified atom stereocenters. The Morgan fingerprint density at radius 2 is 1.67 bits per heavy atom. The molecular formula is C21H22BrN3O4S. The summed E-state index contributed by atoms with van der Waals surface area (Å²) in [4.78, 5) is 13.2. The summed E-state index contributed by atoms with van der Waals surface area (Å²) in [5.41, 5.74) is 2.59. The van der Waals surface area contributed by atoms with Crippen LogP contribution in [0.3, 0.4) is 0 Å². The van der Waals surface area contributed by atoms with Crippen molar-refractivity contribution in [1.82, 2.24) is 10.6 Å². The average molecular weight is 492 g/mol. The Morgan fingerprint density at radius 1 is 1.07 bits per heavy atom. The SMILES string of the molecule is COc1cc(C2NC(=S)NC(C)=C2C(=O)Nc2ccc(Br)cc2)cc(OC)c1OC. The smallest absolute Gasteiger partial charge is 0.255 e. The fraction of sp³-hybridized carbons (Fsp3) is 0.238. The van der Waals surface area contributed by atoms with Gasteiger partial charge < -0.3 is 30.2 Å². The third kappa shape index (κ3) is 4.52. The molecule has 3 rings (SSSR count). The zero-order valence-corrected chi connectivity index (χ0v) is 19.4. The molecule has 0 radical (unpaired) electrons. The summed E-state index contributed by atoms with van der Waals surface area (Å²) in [7, 11) is 4.63. The summed E-state index contributed by atoms with van der Waals surface area (Å²) >= 11 is 8.73. The van der Waals surface area contributed by atoms with Gasteiger partial charge in [0, 0.05) is 15.9 Å². The Balaban J connectivity index is 2.03. The van der Waals surface area contributed by atoms with Gasteiger partial charge in [0.1, 0.15) is 0 Å². The van der Waals surface area contributed by atoms with Crippen molar-refractivity contribution < 1.29 is 19.0 Å². The van der Waals surface area contributed by atoms with Gasteiger partial charge >= 0.3 is 0 Å². The van der Waals surface area contributed by atoms with Crippen LogP contribution in [-0.4, -0.2) is 32.3 Å². The molecule has 0 bridgehead atoms. The largest absolute Gasteiger partial charge is 0.493 e. The minimum atomic E-state index is -0.511. The highest BCUT2D eigenvalue weighted by Gasteiger charge is 2.31. The topological polar surface area (TPSA) is 80.9 Å². The Hall–Kier alpha value is -2.78. The Kier molecular flexibility index (Phi) is 6.84. The minimum Gasteiger partial charge on any atom is -0.493 e. The number of benzene rings is 2. The number of anilines is 1. The molecule has 1 aliphatic heterocycles. The number of thiocarbonyl (C=S) groups is 1. The Labute approximate surface area is 188 Å². The van der Waals surface area contributed by atoms with Crippen LogP contribution in [0, 0.1) is 0 Å². The minimum absolute atomic E-state index is 0.254. The monoisotopic (exact) mass is 491 g/mol. The number of rotatable bonds is 6. The first kappa shape index (κ1) is 21.9. The third-order valence-electron chi connectivity index (χ3n) is 4.64. The molecular weight excluding hydrogens is 470 g/mol. The zero-order valence-electron chi connectivity index (χ0n) is 17.0. The van der Waals surface area contributed by atoms with E-state index in [1.807, 2.05) is 31.2 Å². The van der Waals surface area contributed by atoms with Crippen LogP contribution in [0.25, 0.3) is 0 Å². The maximum absolute atomic E-state index is 13.2. The Bertz CT molecular complexity index is 983. The van der Waals surface area contributed by atoms with Crippen LogP contribution < -0.4 is 30.2 Å². The number of carbonyl (C=O) groups is 1. The van der Waals surface area contributed by atoms with Crippen LogP contribution in [0.15, 0.2) is 52.1 Å². The van der Waals surface area contributed by atoms with Gasteiger partial charge in [0.25, 0.3) is 5.91 Å². The van der Waals surface area contributed by atoms with Crippen LogP contribution in [-0.2, 0) is 4.79 Å². The molecule has 2 aromatic carbocycles. The molecule has 0 spiro atoms. The number of allylic oxidation sites excluding steroid dienone is 1. The standard InChI is InChI=1S/C21H22BrN3O4S/c1-11-17(20(26)24-14-7-5-13(22)6-8-14)18(25-21(30)23-11)12-9-15(27-2)19(29-4)16(10-12)28-3/h5-10,18H,1-4H3,(H,24,26)(H2,23,25,30). The third-order valence-corrected chi connectivity index (χ3v) is 5.38. The van der Waals surface area contributed by atoms with Crippen LogP contribution in [0.2, 0.25) is 0 Å². The molecule has 30 heavy (non-hydrogen) atoms. The molecule has 0 saturated heterocycles. The predicted octanol–water partition coefficient (Wildman–Crippen LogP) is 3.91. The number of hydrogen-bond donors (Lipinski definition) is 3. The maximum atomic E-state index is 13.2. The first-order valence-corrected chi connectivity index (χ1v) is 10.2. The molecule has 0 fully saturated rings. The van der Waals surface area contributed by atoms with E-state index >= 15 is 0 Å². The molecule has 3 N–H and O–H groups in total. The lowest BCUT2D eigenvalue weighted by Crippen LogP contribution is -2.45. The summed E-state index contributed by atoms with van der Waals surface area (Å²) in [6.07, 6.45) is 0. The summed E-state index contributed by atoms with van der Waals surface area (Å²) in [6, 6.07) is 10.4. The second-order valence-electron chi connectivity index (χ2n) is 6.49. The number of amides is 1. The van der Waals surface area contributed by atoms with E-state index in [0.29, 0.717) is 39.3 Å². The van der Waals surface area contributed by atoms with Gasteiger partial charge in [-0.1, -0.05) is 15.9 Å². The van der Waals surface area contributed by atoms with Crippen molar-refractivity contribution in [3.05, 3.63) is 57.7 Å². The quantitative estimate of drug-likeness (QED) is 0.528. The van der Waals surface area contributed by atoms with Gasteiger partial charge in [0.15, 0.2) is 16.6 Å². The second-order valence-corrected chi connectivity index (χ2v) is 7.81. The fourth-order valence-electron chi connectivity index (χ4n) is 3.24. The van der Waals surface area contributed by atoms with E-state index < -0.39 is 6.04 Å². The molecule has 1 aliphatic rings. The molecule has 158 valence electrons. The highest BCUT2D eigenvalue weighted by molar-refractivity contribution is 9.10. The Morgan fingerprint density at radius 3 is 2.20 bits per heavy atom. The van der Waals surface area contributed by atoms with Crippen LogP contribution in [0.1, 0.15) is 18.5 Å². The first-order valence-electron chi connectivity index (χ1n) is 9.03. The highest BCUT2D eigenvalue weighted by atomic mass is 79.9. The highest BCUT2D eigenvalue weighted by Crippen LogP contribution is 2.41. The van der Waals surface area contributed by atoms with Crippen molar-refractivity contribution in [3.63, 3.8) is 0 Å². The summed E-state index contributed by atoms with van der Waals surface area (Å²) < 4.78 is 17.3. The zero-order chi connectivity index (χ0) is 21.8. The lowest BCUT2D eigenvalue weighted by Gasteiger charge is -2.31. The van der Waals surface area contributed by atoms with Gasteiger partial charge in [-0.2, -0.15) is 0 Å². The number of hydrogen-bond acceptors (Lipinski definition) is 5. The number of nitrogens with one attached hydrogen (secondary N) is 3. The summed E-state index contributed by atoms with van der Waals surface area (Å²) in [6.45, 7) is 1.81. The van der Waals surface area contributed by atoms with Crippen molar-refractivity contribution in [2.75, 3.05) is 26.6 Å². The number of halogens is 1. The van der Waals surface area contributed by atoms with Crippen LogP contribution >= 0.6 is 28.1 Å². The fourth-order valence-corrected chi connectivity index (χ4v) is 3.78. The van der Waals surface area contributed by atoms with E-state index in [1.165, 1.54) is 0 Å². The molecule has 2 aromatic rings.